The summed E-state index contributed by atoms with van der Waals surface area (Å²) in [7, 11) is -3.62. The number of thiazole rings is 1. The number of sulfonamides is 1. The number of fused-ring (bicyclic) bond motifs is 1. The molecule has 1 aromatic heterocycles. The van der Waals surface area contributed by atoms with Gasteiger partial charge in [0.05, 0.1) is 15.1 Å². The number of hydrogen-bond acceptors (Lipinski definition) is 5. The largest absolute Gasteiger partial charge is 0.343 e. The van der Waals surface area contributed by atoms with E-state index in [2.05, 4.69) is 4.72 Å². The Morgan fingerprint density at radius 1 is 1.25 bits per heavy atom. The highest BCUT2D eigenvalue weighted by Gasteiger charge is 2.20. The van der Waals surface area contributed by atoms with Crippen LogP contribution in [-0.2, 0) is 21.4 Å². The van der Waals surface area contributed by atoms with Gasteiger partial charge in [-0.05, 0) is 50.8 Å². The van der Waals surface area contributed by atoms with E-state index in [0.29, 0.717) is 23.2 Å². The Morgan fingerprint density at radius 2 is 1.96 bits per heavy atom. The number of piperidine rings is 1. The maximum atomic E-state index is 12.5. The van der Waals surface area contributed by atoms with E-state index in [1.54, 1.807) is 10.6 Å². The summed E-state index contributed by atoms with van der Waals surface area (Å²) in [5.41, 5.74) is 0.670. The SMILES string of the molecule is CC[C@@H](C)NS(=O)(=O)c1ccc2c(c1)sc(=O)n2CCC(=O)N1CCCCC1. The number of aromatic nitrogens is 1. The molecular weight excluding hydrogens is 398 g/mol. The highest BCUT2D eigenvalue weighted by Crippen LogP contribution is 2.22. The molecule has 28 heavy (non-hydrogen) atoms. The highest BCUT2D eigenvalue weighted by molar-refractivity contribution is 7.89. The second-order valence-corrected chi connectivity index (χ2v) is 9.98. The number of rotatable bonds is 7. The van der Waals surface area contributed by atoms with Gasteiger partial charge in [-0.1, -0.05) is 18.3 Å². The second kappa shape index (κ2) is 8.75. The molecule has 1 saturated heterocycles. The summed E-state index contributed by atoms with van der Waals surface area (Å²) in [5, 5.41) is 0. The minimum absolute atomic E-state index is 0.0721. The normalized spacial score (nSPS) is 16.4. The zero-order valence-corrected chi connectivity index (χ0v) is 17.9. The quantitative estimate of drug-likeness (QED) is 0.738. The Bertz CT molecular complexity index is 1000. The first kappa shape index (κ1) is 21.0. The van der Waals surface area contributed by atoms with Gasteiger partial charge < -0.3 is 4.90 Å². The third kappa shape index (κ3) is 4.64. The third-order valence-corrected chi connectivity index (χ3v) is 7.71. The lowest BCUT2D eigenvalue weighted by Gasteiger charge is -2.26. The van der Waals surface area contributed by atoms with Crippen LogP contribution < -0.4 is 9.60 Å². The van der Waals surface area contributed by atoms with Crippen molar-refractivity contribution in [2.45, 2.75) is 63.4 Å². The molecule has 1 aliphatic rings. The maximum absolute atomic E-state index is 12.5. The van der Waals surface area contributed by atoms with Crippen molar-refractivity contribution in [1.29, 1.82) is 0 Å². The van der Waals surface area contributed by atoms with Crippen LogP contribution in [0.5, 0.6) is 0 Å². The first-order valence-electron chi connectivity index (χ1n) is 9.75. The molecule has 1 amide bonds. The van der Waals surface area contributed by atoms with Gasteiger partial charge in [-0.2, -0.15) is 0 Å². The van der Waals surface area contributed by atoms with Gasteiger partial charge >= 0.3 is 4.87 Å². The van der Waals surface area contributed by atoms with Crippen molar-refractivity contribution in [2.24, 2.45) is 0 Å². The molecular formula is C19H27N3O4S2. The standard InChI is InChI=1S/C19H27N3O4S2/c1-3-14(2)20-28(25,26)15-7-8-16-17(13-15)27-19(24)22(16)12-9-18(23)21-10-5-4-6-11-21/h7-8,13-14,20H,3-6,9-12H2,1-2H3/t14-/m1/s1. The van der Waals surface area contributed by atoms with Gasteiger partial charge in [0.25, 0.3) is 0 Å². The lowest BCUT2D eigenvalue weighted by Crippen LogP contribution is -2.36. The van der Waals surface area contributed by atoms with E-state index in [4.69, 9.17) is 0 Å². The maximum Gasteiger partial charge on any atom is 0.308 e. The Morgan fingerprint density at radius 3 is 2.64 bits per heavy atom. The number of benzene rings is 1. The summed E-state index contributed by atoms with van der Waals surface area (Å²) in [5.74, 6) is 0.0721. The molecule has 1 N–H and O–H groups in total. The van der Waals surface area contributed by atoms with Crippen molar-refractivity contribution >= 4 is 37.5 Å². The molecule has 154 valence electrons. The van der Waals surface area contributed by atoms with E-state index in [9.17, 15) is 18.0 Å². The number of nitrogens with one attached hydrogen (secondary N) is 1. The van der Waals surface area contributed by atoms with Crippen LogP contribution in [-0.4, -0.2) is 42.9 Å². The number of carbonyl (C=O) groups excluding carboxylic acids is 1. The van der Waals surface area contributed by atoms with E-state index in [-0.39, 0.29) is 28.1 Å². The van der Waals surface area contributed by atoms with Gasteiger partial charge in [-0.3, -0.25) is 14.2 Å². The summed E-state index contributed by atoms with van der Waals surface area (Å²) >= 11 is 1.01. The van der Waals surface area contributed by atoms with Gasteiger partial charge in [0, 0.05) is 32.1 Å². The van der Waals surface area contributed by atoms with E-state index in [0.717, 1.165) is 43.7 Å². The molecule has 0 bridgehead atoms. The lowest BCUT2D eigenvalue weighted by molar-refractivity contribution is -0.132. The Labute approximate surface area is 169 Å². The molecule has 0 radical (unpaired) electrons. The predicted molar refractivity (Wildman–Crippen MR) is 111 cm³/mol. The number of carbonyl (C=O) groups is 1. The molecule has 1 fully saturated rings. The number of nitrogens with zero attached hydrogens (tertiary/aromatic N) is 2. The van der Waals surface area contributed by atoms with Crippen molar-refractivity contribution in [3.05, 3.63) is 27.9 Å². The zero-order valence-electron chi connectivity index (χ0n) is 16.3. The molecule has 3 rings (SSSR count). The lowest BCUT2D eigenvalue weighted by atomic mass is 10.1. The molecule has 1 aromatic carbocycles. The summed E-state index contributed by atoms with van der Waals surface area (Å²) in [6, 6.07) is 4.55. The van der Waals surface area contributed by atoms with Crippen LogP contribution in [0, 0.1) is 0 Å². The molecule has 7 nitrogen and oxygen atoms in total. The molecule has 2 heterocycles. The van der Waals surface area contributed by atoms with Crippen molar-refractivity contribution < 1.29 is 13.2 Å². The molecule has 0 spiro atoms. The van der Waals surface area contributed by atoms with E-state index in [1.807, 2.05) is 18.7 Å². The molecule has 2 aromatic rings. The minimum atomic E-state index is -3.62. The Hall–Kier alpha value is -1.71. The first-order chi connectivity index (χ1) is 13.3. The van der Waals surface area contributed by atoms with Crippen LogP contribution in [0.2, 0.25) is 0 Å². The van der Waals surface area contributed by atoms with Crippen molar-refractivity contribution in [3.8, 4) is 0 Å². The van der Waals surface area contributed by atoms with Gasteiger partial charge in [0.2, 0.25) is 15.9 Å². The fraction of sp³-hybridized carbons (Fsp3) is 0.579. The van der Waals surface area contributed by atoms with Gasteiger partial charge in [-0.15, -0.1) is 0 Å². The molecule has 9 heteroatoms. The second-order valence-electron chi connectivity index (χ2n) is 7.27. The fourth-order valence-corrected chi connectivity index (χ4v) is 5.73. The smallest absolute Gasteiger partial charge is 0.308 e. The predicted octanol–water partition coefficient (Wildman–Crippen LogP) is 2.54. The average Bonchev–Trinajstić information content (AvgIpc) is 3.00. The number of aryl methyl sites for hydroxylation is 1. The minimum Gasteiger partial charge on any atom is -0.343 e. The molecule has 0 aliphatic carbocycles. The van der Waals surface area contributed by atoms with Crippen LogP contribution in [0.15, 0.2) is 27.9 Å². The molecule has 0 unspecified atom stereocenters. The van der Waals surface area contributed by atoms with Crippen molar-refractivity contribution in [3.63, 3.8) is 0 Å². The molecule has 0 saturated carbocycles. The van der Waals surface area contributed by atoms with E-state index in [1.165, 1.54) is 12.1 Å². The summed E-state index contributed by atoms with van der Waals surface area (Å²) in [6.07, 6.45) is 4.21. The molecule has 1 atom stereocenters. The van der Waals surface area contributed by atoms with Crippen LogP contribution >= 0.6 is 11.3 Å². The average molecular weight is 426 g/mol. The van der Waals surface area contributed by atoms with Crippen LogP contribution in [0.4, 0.5) is 0 Å². The van der Waals surface area contributed by atoms with Gasteiger partial charge in [0.15, 0.2) is 0 Å². The Kier molecular flexibility index (Phi) is 6.57. The van der Waals surface area contributed by atoms with Gasteiger partial charge in [-0.25, -0.2) is 13.1 Å². The number of hydrogen-bond donors (Lipinski definition) is 1. The topological polar surface area (TPSA) is 88.5 Å². The summed E-state index contributed by atoms with van der Waals surface area (Å²) in [4.78, 5) is 26.6. The first-order valence-corrected chi connectivity index (χ1v) is 12.1. The zero-order chi connectivity index (χ0) is 20.3. The van der Waals surface area contributed by atoms with E-state index >= 15 is 0 Å². The fourth-order valence-electron chi connectivity index (χ4n) is 3.35. The number of amides is 1. The van der Waals surface area contributed by atoms with Crippen molar-refractivity contribution in [1.82, 2.24) is 14.2 Å². The van der Waals surface area contributed by atoms with Crippen molar-refractivity contribution in [2.75, 3.05) is 13.1 Å². The summed E-state index contributed by atoms with van der Waals surface area (Å²) < 4.78 is 29.8. The number of likely N-dealkylation sites (tertiary alicyclic amines) is 1. The van der Waals surface area contributed by atoms with Crippen LogP contribution in [0.3, 0.4) is 0 Å². The third-order valence-electron chi connectivity index (χ3n) is 5.18. The molecule has 1 aliphatic heterocycles. The highest BCUT2D eigenvalue weighted by atomic mass is 32.2. The van der Waals surface area contributed by atoms with E-state index < -0.39 is 10.0 Å². The summed E-state index contributed by atoms with van der Waals surface area (Å²) in [6.45, 7) is 5.62. The van der Waals surface area contributed by atoms with Crippen LogP contribution in [0.1, 0.15) is 46.0 Å². The monoisotopic (exact) mass is 425 g/mol. The van der Waals surface area contributed by atoms with Crippen LogP contribution in [0.25, 0.3) is 10.2 Å². The van der Waals surface area contributed by atoms with Gasteiger partial charge in [0.1, 0.15) is 0 Å². The Balaban J connectivity index is 1.78.